The first-order valence-corrected chi connectivity index (χ1v) is 8.02. The van der Waals surface area contributed by atoms with Crippen molar-refractivity contribution in [2.75, 3.05) is 25.5 Å². The van der Waals surface area contributed by atoms with Crippen LogP contribution in [-0.2, 0) is 9.59 Å². The minimum absolute atomic E-state index is 0.0314. The van der Waals surface area contributed by atoms with E-state index in [0.717, 1.165) is 5.56 Å². The van der Waals surface area contributed by atoms with Crippen LogP contribution >= 0.6 is 0 Å². The Morgan fingerprint density at radius 2 is 1.72 bits per heavy atom. The monoisotopic (exact) mass is 343 g/mol. The molecular formula is C19H22FN3O2. The van der Waals surface area contributed by atoms with E-state index in [0.29, 0.717) is 5.69 Å². The molecule has 0 saturated carbocycles. The van der Waals surface area contributed by atoms with E-state index in [2.05, 4.69) is 10.6 Å². The minimum atomic E-state index is -0.416. The van der Waals surface area contributed by atoms with Gasteiger partial charge in [-0.2, -0.15) is 0 Å². The van der Waals surface area contributed by atoms with Gasteiger partial charge in [-0.05, 0) is 37.7 Å². The fourth-order valence-corrected chi connectivity index (χ4v) is 2.43. The molecule has 0 radical (unpaired) electrons. The molecule has 0 aliphatic heterocycles. The van der Waals surface area contributed by atoms with E-state index in [4.69, 9.17) is 0 Å². The normalized spacial score (nSPS) is 11.8. The summed E-state index contributed by atoms with van der Waals surface area (Å²) in [5.41, 5.74) is 1.41. The molecule has 5 nitrogen and oxygen atoms in total. The summed E-state index contributed by atoms with van der Waals surface area (Å²) in [6, 6.07) is 15.2. The molecule has 0 heterocycles. The number of carbonyl (C=O) groups excluding carboxylic acids is 2. The molecule has 0 spiro atoms. The quantitative estimate of drug-likeness (QED) is 0.812. The van der Waals surface area contributed by atoms with E-state index in [1.165, 1.54) is 18.2 Å². The van der Waals surface area contributed by atoms with Crippen molar-refractivity contribution in [3.05, 3.63) is 66.0 Å². The Bertz CT molecular complexity index is 722. The van der Waals surface area contributed by atoms with Gasteiger partial charge < -0.3 is 10.6 Å². The molecule has 0 aliphatic carbocycles. The van der Waals surface area contributed by atoms with E-state index >= 15 is 0 Å². The Morgan fingerprint density at radius 1 is 1.04 bits per heavy atom. The second-order valence-electron chi connectivity index (χ2n) is 5.93. The third-order valence-corrected chi connectivity index (χ3v) is 3.61. The first-order chi connectivity index (χ1) is 11.9. The number of anilines is 1. The zero-order valence-electron chi connectivity index (χ0n) is 14.3. The maximum absolute atomic E-state index is 13.1. The predicted molar refractivity (Wildman–Crippen MR) is 95.5 cm³/mol. The van der Waals surface area contributed by atoms with Crippen LogP contribution in [0.5, 0.6) is 0 Å². The number of amides is 2. The summed E-state index contributed by atoms with van der Waals surface area (Å²) in [7, 11) is 1.68. The average molecular weight is 343 g/mol. The number of nitrogens with zero attached hydrogens (tertiary/aromatic N) is 1. The molecule has 25 heavy (non-hydrogen) atoms. The molecular weight excluding hydrogens is 321 g/mol. The van der Waals surface area contributed by atoms with Crippen LogP contribution in [0, 0.1) is 5.82 Å². The molecule has 1 atom stereocenters. The van der Waals surface area contributed by atoms with Crippen LogP contribution in [-0.4, -0.2) is 36.9 Å². The highest BCUT2D eigenvalue weighted by molar-refractivity contribution is 5.92. The van der Waals surface area contributed by atoms with Gasteiger partial charge in [0.25, 0.3) is 0 Å². The third-order valence-electron chi connectivity index (χ3n) is 3.61. The lowest BCUT2D eigenvalue weighted by Crippen LogP contribution is -2.39. The molecule has 6 heteroatoms. The molecule has 2 N–H and O–H groups in total. The van der Waals surface area contributed by atoms with Crippen molar-refractivity contribution in [3.8, 4) is 0 Å². The lowest BCUT2D eigenvalue weighted by atomic mass is 10.1. The maximum Gasteiger partial charge on any atom is 0.238 e. The van der Waals surface area contributed by atoms with Gasteiger partial charge >= 0.3 is 0 Å². The van der Waals surface area contributed by atoms with Gasteiger partial charge in [-0.25, -0.2) is 4.39 Å². The fourth-order valence-electron chi connectivity index (χ4n) is 2.43. The Morgan fingerprint density at radius 3 is 2.40 bits per heavy atom. The maximum atomic E-state index is 13.1. The van der Waals surface area contributed by atoms with Crippen LogP contribution < -0.4 is 10.6 Å². The Labute approximate surface area is 146 Å². The van der Waals surface area contributed by atoms with Crippen molar-refractivity contribution in [2.24, 2.45) is 0 Å². The highest BCUT2D eigenvalue weighted by Gasteiger charge is 2.13. The molecule has 0 unspecified atom stereocenters. The highest BCUT2D eigenvalue weighted by atomic mass is 19.1. The number of nitrogens with one attached hydrogen (secondary N) is 2. The zero-order chi connectivity index (χ0) is 18.2. The van der Waals surface area contributed by atoms with Gasteiger partial charge in [-0.15, -0.1) is 0 Å². The topological polar surface area (TPSA) is 61.4 Å². The number of carbonyl (C=O) groups is 2. The fraction of sp³-hybridized carbons (Fsp3) is 0.263. The number of hydrogen-bond donors (Lipinski definition) is 2. The van der Waals surface area contributed by atoms with Gasteiger partial charge in [-0.1, -0.05) is 36.4 Å². The number of rotatable bonds is 7. The Kier molecular flexibility index (Phi) is 6.65. The standard InChI is InChI=1S/C19H22FN3O2/c1-14(15-7-4-3-5-8-15)21-18(24)12-23(2)13-19(25)22-17-10-6-9-16(20)11-17/h3-11,14H,12-13H2,1-2H3,(H,21,24)(H,22,25)/t14-/m1/s1. The predicted octanol–water partition coefficient (Wildman–Crippen LogP) is 2.57. The molecule has 2 aromatic rings. The second kappa shape index (κ2) is 8.94. The molecule has 2 aromatic carbocycles. The molecule has 2 amide bonds. The zero-order valence-corrected chi connectivity index (χ0v) is 14.3. The van der Waals surface area contributed by atoms with Crippen LogP contribution in [0.1, 0.15) is 18.5 Å². The summed E-state index contributed by atoms with van der Waals surface area (Å²) in [4.78, 5) is 25.6. The number of likely N-dealkylation sites (N-methyl/N-ethyl adjacent to an activating group) is 1. The number of benzene rings is 2. The van der Waals surface area contributed by atoms with Gasteiger partial charge in [0.05, 0.1) is 19.1 Å². The summed E-state index contributed by atoms with van der Waals surface area (Å²) in [5.74, 6) is -0.894. The largest absolute Gasteiger partial charge is 0.348 e. The van der Waals surface area contributed by atoms with Crippen LogP contribution in [0.15, 0.2) is 54.6 Å². The van der Waals surface area contributed by atoms with Gasteiger partial charge in [0.15, 0.2) is 0 Å². The van der Waals surface area contributed by atoms with Crippen molar-refractivity contribution in [3.63, 3.8) is 0 Å². The van der Waals surface area contributed by atoms with Crippen molar-refractivity contribution < 1.29 is 14.0 Å². The summed E-state index contributed by atoms with van der Waals surface area (Å²) < 4.78 is 13.1. The molecule has 132 valence electrons. The van der Waals surface area contributed by atoms with Crippen LogP contribution in [0.25, 0.3) is 0 Å². The average Bonchev–Trinajstić information content (AvgIpc) is 2.55. The van der Waals surface area contributed by atoms with Crippen molar-refractivity contribution in [1.29, 1.82) is 0 Å². The highest BCUT2D eigenvalue weighted by Crippen LogP contribution is 2.11. The van der Waals surface area contributed by atoms with Crippen molar-refractivity contribution in [2.45, 2.75) is 13.0 Å². The Balaban J connectivity index is 1.78. The molecule has 0 bridgehead atoms. The van der Waals surface area contributed by atoms with Gasteiger partial charge in [0.1, 0.15) is 5.82 Å². The first kappa shape index (κ1) is 18.6. The number of hydrogen-bond acceptors (Lipinski definition) is 3. The second-order valence-corrected chi connectivity index (χ2v) is 5.93. The van der Waals surface area contributed by atoms with Gasteiger partial charge in [0.2, 0.25) is 11.8 Å². The Hall–Kier alpha value is -2.73. The molecule has 2 rings (SSSR count). The van der Waals surface area contributed by atoms with Crippen molar-refractivity contribution >= 4 is 17.5 Å². The first-order valence-electron chi connectivity index (χ1n) is 8.02. The van der Waals surface area contributed by atoms with E-state index < -0.39 is 5.82 Å². The minimum Gasteiger partial charge on any atom is -0.348 e. The van der Waals surface area contributed by atoms with Crippen LogP contribution in [0.2, 0.25) is 0 Å². The van der Waals surface area contributed by atoms with Gasteiger partial charge in [0, 0.05) is 5.69 Å². The summed E-state index contributed by atoms with van der Waals surface area (Å²) in [6.07, 6.45) is 0. The summed E-state index contributed by atoms with van der Waals surface area (Å²) in [6.45, 7) is 2.03. The van der Waals surface area contributed by atoms with Crippen molar-refractivity contribution in [1.82, 2.24) is 10.2 Å². The van der Waals surface area contributed by atoms with E-state index in [1.54, 1.807) is 18.0 Å². The SMILES string of the molecule is C[C@@H](NC(=O)CN(C)CC(=O)Nc1cccc(F)c1)c1ccccc1. The smallest absolute Gasteiger partial charge is 0.238 e. The third kappa shape index (κ3) is 6.35. The van der Waals surface area contributed by atoms with E-state index in [1.807, 2.05) is 37.3 Å². The molecule has 0 fully saturated rings. The summed E-state index contributed by atoms with van der Waals surface area (Å²) >= 11 is 0. The lowest BCUT2D eigenvalue weighted by molar-refractivity contribution is -0.123. The molecule has 0 aromatic heterocycles. The lowest BCUT2D eigenvalue weighted by Gasteiger charge is -2.19. The van der Waals surface area contributed by atoms with Crippen LogP contribution in [0.3, 0.4) is 0 Å². The van der Waals surface area contributed by atoms with E-state index in [-0.39, 0.29) is 30.9 Å². The number of halogens is 1. The molecule has 0 saturated heterocycles. The van der Waals surface area contributed by atoms with E-state index in [9.17, 15) is 14.0 Å². The molecule has 0 aliphatic rings. The van der Waals surface area contributed by atoms with Crippen LogP contribution in [0.4, 0.5) is 10.1 Å². The van der Waals surface area contributed by atoms with Gasteiger partial charge in [-0.3, -0.25) is 14.5 Å². The summed E-state index contributed by atoms with van der Waals surface area (Å²) in [5, 5.41) is 5.50.